The van der Waals surface area contributed by atoms with Crippen LogP contribution in [0.1, 0.15) is 17.1 Å². The average Bonchev–Trinajstić information content (AvgIpc) is 2.46. The van der Waals surface area contributed by atoms with Crippen LogP contribution in [0.15, 0.2) is 10.5 Å². The van der Waals surface area contributed by atoms with Crippen molar-refractivity contribution in [1.82, 2.24) is 5.32 Å². The van der Waals surface area contributed by atoms with E-state index in [1.165, 1.54) is 0 Å². The fourth-order valence-corrected chi connectivity index (χ4v) is 1.31. The van der Waals surface area contributed by atoms with E-state index in [1.54, 1.807) is 0 Å². The second kappa shape index (κ2) is 2.40. The molecule has 0 aromatic carbocycles. The first-order valence-corrected chi connectivity index (χ1v) is 3.62. The van der Waals surface area contributed by atoms with Gasteiger partial charge < -0.3 is 9.73 Å². The molecule has 0 spiro atoms. The van der Waals surface area contributed by atoms with Gasteiger partial charge in [0.25, 0.3) is 0 Å². The summed E-state index contributed by atoms with van der Waals surface area (Å²) in [5.41, 5.74) is 1.13. The Hall–Kier alpha value is -1.27. The molecule has 3 nitrogen and oxygen atoms in total. The monoisotopic (exact) mass is 148 g/mol. The van der Waals surface area contributed by atoms with Gasteiger partial charge in [0.1, 0.15) is 11.8 Å². The first-order chi connectivity index (χ1) is 5.40. The van der Waals surface area contributed by atoms with Crippen LogP contribution in [0.2, 0.25) is 0 Å². The highest BCUT2D eigenvalue weighted by molar-refractivity contribution is 5.29. The van der Waals surface area contributed by atoms with Crippen molar-refractivity contribution in [2.24, 2.45) is 0 Å². The zero-order valence-electron chi connectivity index (χ0n) is 6.05. The average molecular weight is 148 g/mol. The Morgan fingerprint density at radius 3 is 3.27 bits per heavy atom. The van der Waals surface area contributed by atoms with Gasteiger partial charge in [0, 0.05) is 25.1 Å². The summed E-state index contributed by atoms with van der Waals surface area (Å²) < 4.78 is 5.25. The fourth-order valence-electron chi connectivity index (χ4n) is 1.31. The lowest BCUT2D eigenvalue weighted by atomic mass is 10.1. The molecular weight excluding hydrogens is 140 g/mol. The number of furan rings is 1. The molecular formula is C8H8N2O. The van der Waals surface area contributed by atoms with E-state index in [4.69, 9.17) is 9.68 Å². The van der Waals surface area contributed by atoms with Gasteiger partial charge in [0.15, 0.2) is 0 Å². The van der Waals surface area contributed by atoms with Crippen LogP contribution in [0, 0.1) is 11.3 Å². The summed E-state index contributed by atoms with van der Waals surface area (Å²) in [6.07, 6.45) is 0.900. The minimum Gasteiger partial charge on any atom is -0.450 e. The summed E-state index contributed by atoms with van der Waals surface area (Å²) in [4.78, 5) is 0. The zero-order chi connectivity index (χ0) is 7.68. The molecule has 0 saturated carbocycles. The maximum Gasteiger partial charge on any atom is 0.203 e. The summed E-state index contributed by atoms with van der Waals surface area (Å²) in [6.45, 7) is 1.78. The van der Waals surface area contributed by atoms with E-state index in [0.29, 0.717) is 5.76 Å². The van der Waals surface area contributed by atoms with Crippen LogP contribution in [0.4, 0.5) is 0 Å². The quantitative estimate of drug-likeness (QED) is 0.592. The molecule has 2 rings (SSSR count). The van der Waals surface area contributed by atoms with Crippen LogP contribution in [-0.2, 0) is 13.0 Å². The predicted molar refractivity (Wildman–Crippen MR) is 38.8 cm³/mol. The Labute approximate surface area is 64.6 Å². The van der Waals surface area contributed by atoms with Crippen molar-refractivity contribution in [3.05, 3.63) is 23.2 Å². The van der Waals surface area contributed by atoms with Crippen molar-refractivity contribution in [1.29, 1.82) is 5.26 Å². The second-order valence-electron chi connectivity index (χ2n) is 2.60. The highest BCUT2D eigenvalue weighted by Gasteiger charge is 2.13. The molecule has 0 aliphatic carbocycles. The van der Waals surface area contributed by atoms with Crippen molar-refractivity contribution in [2.75, 3.05) is 6.54 Å². The molecule has 0 bridgehead atoms. The lowest BCUT2D eigenvalue weighted by molar-refractivity contribution is 0.467. The Morgan fingerprint density at radius 1 is 1.64 bits per heavy atom. The zero-order valence-corrected chi connectivity index (χ0v) is 6.05. The number of hydrogen-bond donors (Lipinski definition) is 1. The van der Waals surface area contributed by atoms with Crippen molar-refractivity contribution in [2.45, 2.75) is 13.0 Å². The highest BCUT2D eigenvalue weighted by atomic mass is 16.3. The first-order valence-electron chi connectivity index (χ1n) is 3.62. The summed E-state index contributed by atoms with van der Waals surface area (Å²) in [5, 5.41) is 11.7. The third-order valence-corrected chi connectivity index (χ3v) is 1.85. The minimum atomic E-state index is 0.429. The molecule has 3 heteroatoms. The van der Waals surface area contributed by atoms with Crippen LogP contribution >= 0.6 is 0 Å². The molecule has 0 saturated heterocycles. The van der Waals surface area contributed by atoms with Gasteiger partial charge in [0.05, 0.1) is 0 Å². The Bertz CT molecular complexity index is 285. The Balaban J connectivity index is 2.42. The maximum absolute atomic E-state index is 8.52. The van der Waals surface area contributed by atoms with Crippen LogP contribution in [0.25, 0.3) is 0 Å². The predicted octanol–water partition coefficient (Wildman–Crippen LogP) is 0.797. The van der Waals surface area contributed by atoms with E-state index >= 15 is 0 Å². The third kappa shape index (κ3) is 1.02. The number of nitrogens with zero attached hydrogens (tertiary/aromatic N) is 1. The molecule has 0 atom stereocenters. The highest BCUT2D eigenvalue weighted by Crippen LogP contribution is 2.17. The van der Waals surface area contributed by atoms with E-state index in [2.05, 4.69) is 5.32 Å². The molecule has 0 amide bonds. The molecule has 56 valence electrons. The lowest BCUT2D eigenvalue weighted by Crippen LogP contribution is -2.22. The summed E-state index contributed by atoms with van der Waals surface area (Å²) in [5.74, 6) is 1.40. The van der Waals surface area contributed by atoms with Crippen LogP contribution in [0.3, 0.4) is 0 Å². The smallest absolute Gasteiger partial charge is 0.203 e. The molecule has 1 aliphatic heterocycles. The minimum absolute atomic E-state index is 0.429. The molecule has 0 unspecified atom stereocenters. The summed E-state index contributed by atoms with van der Waals surface area (Å²) in [6, 6.07) is 3.80. The van der Waals surface area contributed by atoms with E-state index in [0.717, 1.165) is 30.8 Å². The number of hydrogen-bond acceptors (Lipinski definition) is 3. The molecule has 11 heavy (non-hydrogen) atoms. The van der Waals surface area contributed by atoms with Gasteiger partial charge >= 0.3 is 0 Å². The van der Waals surface area contributed by atoms with Crippen molar-refractivity contribution >= 4 is 0 Å². The molecule has 1 aromatic rings. The largest absolute Gasteiger partial charge is 0.450 e. The van der Waals surface area contributed by atoms with Crippen molar-refractivity contribution in [3.63, 3.8) is 0 Å². The standard InChI is InChI=1S/C8H8N2O/c9-4-7-3-6-5-10-2-1-8(6)11-7/h3,10H,1-2,5H2. The summed E-state index contributed by atoms with van der Waals surface area (Å²) >= 11 is 0. The van der Waals surface area contributed by atoms with Gasteiger partial charge in [-0.05, 0) is 6.07 Å². The number of nitrogens with one attached hydrogen (secondary N) is 1. The molecule has 2 heterocycles. The van der Waals surface area contributed by atoms with E-state index < -0.39 is 0 Å². The van der Waals surface area contributed by atoms with Crippen molar-refractivity contribution < 1.29 is 4.42 Å². The molecule has 0 radical (unpaired) electrons. The Morgan fingerprint density at radius 2 is 2.55 bits per heavy atom. The van der Waals surface area contributed by atoms with Crippen molar-refractivity contribution in [3.8, 4) is 6.07 Å². The van der Waals surface area contributed by atoms with Gasteiger partial charge in [0.2, 0.25) is 5.76 Å². The van der Waals surface area contributed by atoms with Gasteiger partial charge in [-0.3, -0.25) is 0 Å². The van der Waals surface area contributed by atoms with Gasteiger partial charge in [-0.25, -0.2) is 0 Å². The SMILES string of the molecule is N#Cc1cc2c(o1)CCNC2. The van der Waals surface area contributed by atoms with Gasteiger partial charge in [-0.1, -0.05) is 0 Å². The molecule has 1 aliphatic rings. The number of nitriles is 1. The lowest BCUT2D eigenvalue weighted by Gasteiger charge is -2.09. The van der Waals surface area contributed by atoms with E-state index in [1.807, 2.05) is 12.1 Å². The fraction of sp³-hybridized carbons (Fsp3) is 0.375. The third-order valence-electron chi connectivity index (χ3n) is 1.85. The molecule has 1 aromatic heterocycles. The molecule has 1 N–H and O–H groups in total. The number of fused-ring (bicyclic) bond motifs is 1. The topological polar surface area (TPSA) is 49.0 Å². The van der Waals surface area contributed by atoms with E-state index in [-0.39, 0.29) is 0 Å². The first kappa shape index (κ1) is 6.44. The van der Waals surface area contributed by atoms with E-state index in [9.17, 15) is 0 Å². The van der Waals surface area contributed by atoms with Gasteiger partial charge in [-0.2, -0.15) is 5.26 Å². The Kier molecular flexibility index (Phi) is 1.41. The summed E-state index contributed by atoms with van der Waals surface area (Å²) in [7, 11) is 0. The maximum atomic E-state index is 8.52. The number of rotatable bonds is 0. The van der Waals surface area contributed by atoms with Gasteiger partial charge in [-0.15, -0.1) is 0 Å². The van der Waals surface area contributed by atoms with Crippen LogP contribution in [0.5, 0.6) is 0 Å². The van der Waals surface area contributed by atoms with Crippen LogP contribution in [-0.4, -0.2) is 6.54 Å². The normalized spacial score (nSPS) is 15.5. The molecule has 0 fully saturated rings. The second-order valence-corrected chi connectivity index (χ2v) is 2.60. The van der Waals surface area contributed by atoms with Crippen LogP contribution < -0.4 is 5.32 Å².